The number of aliphatic hydroxyl groups is 2. The molecule has 1 aliphatic heterocycles. The molecule has 3 heterocycles. The molecule has 17 nitrogen and oxygen atoms in total. The Morgan fingerprint density at radius 2 is 2.24 bits per heavy atom. The van der Waals surface area contributed by atoms with E-state index in [2.05, 4.69) is 38.8 Å². The lowest BCUT2D eigenvalue weighted by atomic mass is 10.2. The number of ether oxygens (including phenoxy) is 2. The third kappa shape index (κ3) is 5.51. The summed E-state index contributed by atoms with van der Waals surface area (Å²) in [5, 5.41) is 28.4. The summed E-state index contributed by atoms with van der Waals surface area (Å²) in [6, 6.07) is 0. The number of phosphoric acid groups is 1. The van der Waals surface area contributed by atoms with E-state index in [4.69, 9.17) is 15.9 Å². The topological polar surface area (TPSA) is 242 Å². The number of nitrogens with two attached hydrogens (primary N) is 1. The number of anilines is 1. The van der Waals surface area contributed by atoms with E-state index in [1.165, 1.54) is 24.1 Å². The number of aliphatic hydroxyl groups excluding tert-OH is 2. The zero-order valence-electron chi connectivity index (χ0n) is 16.9. The van der Waals surface area contributed by atoms with Crippen molar-refractivity contribution >= 4 is 30.8 Å². The molecular formula is C15H18N7O10P. The molecule has 0 aliphatic carbocycles. The molecule has 0 bridgehead atoms. The average Bonchev–Trinajstić information content (AvgIpc) is 3.35. The van der Waals surface area contributed by atoms with E-state index in [-0.39, 0.29) is 18.8 Å². The summed E-state index contributed by atoms with van der Waals surface area (Å²) in [5.74, 6) is -2.66. The Balaban J connectivity index is 1.57. The van der Waals surface area contributed by atoms with Gasteiger partial charge in [0.25, 0.3) is 0 Å². The highest BCUT2D eigenvalue weighted by molar-refractivity contribution is 7.45. The zero-order chi connectivity index (χ0) is 24.2. The molecule has 33 heavy (non-hydrogen) atoms. The lowest BCUT2D eigenvalue weighted by Gasteiger charge is -2.22. The van der Waals surface area contributed by atoms with Crippen LogP contribution in [0, 0.1) is 5.39 Å². The molecule has 1 saturated heterocycles. The molecule has 0 aromatic carbocycles. The van der Waals surface area contributed by atoms with Crippen LogP contribution in [0.1, 0.15) is 19.6 Å². The summed E-state index contributed by atoms with van der Waals surface area (Å²) >= 11 is 0. The number of imidazole rings is 1. The summed E-state index contributed by atoms with van der Waals surface area (Å²) in [4.78, 5) is 41.8. The van der Waals surface area contributed by atoms with Crippen molar-refractivity contribution in [3.05, 3.63) is 29.3 Å². The SMILES string of the molecule is CCOC(O)=C([N+]#N)C(=O)OOP(=O)([O-])OC[C@@H]1C[C@@H](O)[C@H](n2cnc3c(N)ncnc32)O1. The predicted octanol–water partition coefficient (Wildman–Crippen LogP) is -0.367. The molecule has 1 fully saturated rings. The first-order valence-corrected chi connectivity index (χ1v) is 10.7. The van der Waals surface area contributed by atoms with Gasteiger partial charge in [-0.25, -0.2) is 19.7 Å². The van der Waals surface area contributed by atoms with Gasteiger partial charge in [-0.3, -0.25) is 14.0 Å². The van der Waals surface area contributed by atoms with Crippen LogP contribution in [-0.2, 0) is 32.9 Å². The summed E-state index contributed by atoms with van der Waals surface area (Å²) in [5.41, 5.74) is 5.18. The lowest BCUT2D eigenvalue weighted by Crippen LogP contribution is -2.20. The van der Waals surface area contributed by atoms with Gasteiger partial charge in [0, 0.05) is 6.42 Å². The van der Waals surface area contributed by atoms with Crippen LogP contribution in [0.3, 0.4) is 0 Å². The van der Waals surface area contributed by atoms with Gasteiger partial charge in [-0.05, 0) is 6.92 Å². The summed E-state index contributed by atoms with van der Waals surface area (Å²) in [6.45, 7) is 0.760. The van der Waals surface area contributed by atoms with Crippen LogP contribution in [0.2, 0.25) is 0 Å². The molecule has 1 aliphatic rings. The first-order valence-electron chi connectivity index (χ1n) is 9.20. The second kappa shape index (κ2) is 10.0. The molecule has 0 saturated carbocycles. The molecule has 2 aromatic heterocycles. The number of hydrogen-bond acceptors (Lipinski definition) is 15. The number of carbonyl (C=O) groups is 1. The Morgan fingerprint density at radius 1 is 1.48 bits per heavy atom. The maximum absolute atomic E-state index is 11.8. The fourth-order valence-electron chi connectivity index (χ4n) is 2.83. The maximum atomic E-state index is 11.8. The third-order valence-corrected chi connectivity index (χ3v) is 4.95. The van der Waals surface area contributed by atoms with Crippen molar-refractivity contribution in [3.63, 3.8) is 0 Å². The minimum Gasteiger partial charge on any atom is -0.754 e. The maximum Gasteiger partial charge on any atom is 0.550 e. The Kier molecular flexibility index (Phi) is 7.38. The van der Waals surface area contributed by atoms with E-state index >= 15 is 0 Å². The van der Waals surface area contributed by atoms with Crippen molar-refractivity contribution < 1.29 is 48.0 Å². The molecule has 4 atom stereocenters. The number of aromatic nitrogens is 4. The Labute approximate surface area is 184 Å². The van der Waals surface area contributed by atoms with Crippen LogP contribution >= 0.6 is 7.82 Å². The molecule has 18 heteroatoms. The molecule has 2 aromatic rings. The van der Waals surface area contributed by atoms with E-state index in [9.17, 15) is 24.5 Å². The number of diazo groups is 1. The van der Waals surface area contributed by atoms with Gasteiger partial charge in [-0.2, -0.15) is 0 Å². The molecule has 0 amide bonds. The molecule has 178 valence electrons. The van der Waals surface area contributed by atoms with Gasteiger partial charge in [-0.1, -0.05) is 0 Å². The minimum absolute atomic E-state index is 0.0246. The van der Waals surface area contributed by atoms with Crippen LogP contribution in [-0.4, -0.2) is 61.1 Å². The molecule has 3 rings (SSSR count). The fraction of sp³-hybridized carbons (Fsp3) is 0.467. The normalized spacial score (nSPS) is 22.9. The zero-order valence-corrected chi connectivity index (χ0v) is 17.8. The van der Waals surface area contributed by atoms with Crippen LogP contribution in [0.4, 0.5) is 5.82 Å². The largest absolute Gasteiger partial charge is 0.754 e. The van der Waals surface area contributed by atoms with Gasteiger partial charge >= 0.3 is 25.4 Å². The van der Waals surface area contributed by atoms with Crippen LogP contribution < -0.4 is 10.6 Å². The van der Waals surface area contributed by atoms with Crippen molar-refractivity contribution in [2.75, 3.05) is 18.9 Å². The van der Waals surface area contributed by atoms with Gasteiger partial charge in [-0.15, -0.1) is 4.67 Å². The molecule has 1 unspecified atom stereocenters. The summed E-state index contributed by atoms with van der Waals surface area (Å²) < 4.78 is 31.9. The van der Waals surface area contributed by atoms with E-state index in [1.807, 2.05) is 0 Å². The monoisotopic (exact) mass is 487 g/mol. The van der Waals surface area contributed by atoms with E-state index < -0.39 is 50.5 Å². The van der Waals surface area contributed by atoms with E-state index in [0.717, 1.165) is 0 Å². The van der Waals surface area contributed by atoms with Crippen molar-refractivity contribution in [1.29, 1.82) is 5.39 Å². The predicted molar refractivity (Wildman–Crippen MR) is 101 cm³/mol. The number of phosphoric ester groups is 1. The van der Waals surface area contributed by atoms with Gasteiger partial charge in [0.15, 0.2) is 22.7 Å². The first kappa shape index (κ1) is 24.3. The quantitative estimate of drug-likeness (QED) is 0.102. The second-order valence-electron chi connectivity index (χ2n) is 6.41. The highest BCUT2D eigenvalue weighted by atomic mass is 31.2. The van der Waals surface area contributed by atoms with Gasteiger partial charge in [0.2, 0.25) is 5.39 Å². The van der Waals surface area contributed by atoms with Crippen LogP contribution in [0.25, 0.3) is 16.1 Å². The molecule has 0 spiro atoms. The lowest BCUT2D eigenvalue weighted by molar-refractivity contribution is -0.292. The van der Waals surface area contributed by atoms with Gasteiger partial charge in [0.1, 0.15) is 17.9 Å². The minimum atomic E-state index is -5.22. The van der Waals surface area contributed by atoms with E-state index in [0.29, 0.717) is 11.2 Å². The Bertz CT molecular complexity index is 1150. The highest BCUT2D eigenvalue weighted by Gasteiger charge is 2.38. The number of fused-ring (bicyclic) bond motifs is 1. The van der Waals surface area contributed by atoms with Gasteiger partial charge in [0.05, 0.1) is 25.6 Å². The number of carbonyl (C=O) groups excluding carboxylic acids is 1. The Hall–Kier alpha value is -3.39. The number of nitrogens with zero attached hydrogens (tertiary/aromatic N) is 6. The van der Waals surface area contributed by atoms with Crippen molar-refractivity contribution in [3.8, 4) is 0 Å². The number of rotatable bonds is 9. The summed E-state index contributed by atoms with van der Waals surface area (Å²) in [6.07, 6.45) is -0.428. The van der Waals surface area contributed by atoms with Crippen molar-refractivity contribution in [1.82, 2.24) is 19.5 Å². The second-order valence-corrected chi connectivity index (χ2v) is 7.71. The van der Waals surface area contributed by atoms with Gasteiger partial charge < -0.3 is 34.8 Å². The van der Waals surface area contributed by atoms with Crippen LogP contribution in [0.15, 0.2) is 24.3 Å². The molecule has 0 radical (unpaired) electrons. The smallest absolute Gasteiger partial charge is 0.550 e. The number of hydrogen-bond donors (Lipinski definition) is 3. The standard InChI is InChI=1S/C15H18N7O10P/c1-2-28-14(24)10(21-17)15(25)31-32-33(26,27)29-4-7-3-8(23)13(30-7)22-6-20-9-11(16)18-5-19-12(9)22/h5-8,13,23H,2-4H2,1H3,(H3-,16,18,19,24,25,26,27)/t7-,8+,13+/m0/s1. The fourth-order valence-corrected chi connectivity index (χ4v) is 3.39. The Morgan fingerprint density at radius 3 is 2.94 bits per heavy atom. The van der Waals surface area contributed by atoms with Crippen molar-refractivity contribution in [2.45, 2.75) is 31.8 Å². The van der Waals surface area contributed by atoms with Crippen molar-refractivity contribution in [2.24, 2.45) is 0 Å². The third-order valence-electron chi connectivity index (χ3n) is 4.23. The molecule has 4 N–H and O–H groups in total. The first-order chi connectivity index (χ1) is 15.7. The molecular weight excluding hydrogens is 469 g/mol. The summed E-state index contributed by atoms with van der Waals surface area (Å²) in [7, 11) is -5.22. The number of nitrogen functional groups attached to an aromatic ring is 1. The van der Waals surface area contributed by atoms with E-state index in [1.54, 1.807) is 0 Å². The average molecular weight is 487 g/mol. The van der Waals surface area contributed by atoms with Crippen LogP contribution in [0.5, 0.6) is 0 Å². The highest BCUT2D eigenvalue weighted by Crippen LogP contribution is 2.41.